The molecule has 1 unspecified atom stereocenters. The maximum Gasteiger partial charge on any atom is 0.430 e. The van der Waals surface area contributed by atoms with Crippen LogP contribution in [0.25, 0.3) is 0 Å². The Morgan fingerprint density at radius 1 is 1.00 bits per heavy atom. The number of rotatable bonds is 2. The number of hydrogen-bond donors (Lipinski definition) is 0. The van der Waals surface area contributed by atoms with Crippen molar-refractivity contribution >= 4 is 0 Å². The molecule has 0 nitrogen and oxygen atoms in total. The summed E-state index contributed by atoms with van der Waals surface area (Å²) in [5, 5.41) is 0. The third kappa shape index (κ3) is 1.75. The predicted octanol–water partition coefficient (Wildman–Crippen LogP) is 2.49. The van der Waals surface area contributed by atoms with Crippen molar-refractivity contribution < 1.29 is 30.7 Å². The maximum absolute atomic E-state index is 11.9. The van der Waals surface area contributed by atoms with Gasteiger partial charge in [0.25, 0.3) is 12.1 Å². The lowest BCUT2D eigenvalue weighted by atomic mass is 10.1. The molecule has 0 spiro atoms. The van der Waals surface area contributed by atoms with Gasteiger partial charge in [0.05, 0.1) is 0 Å². The third-order valence-corrected chi connectivity index (χ3v) is 1.01. The van der Waals surface area contributed by atoms with Crippen molar-refractivity contribution in [1.29, 1.82) is 0 Å². The minimum Gasteiger partial charge on any atom is -0.247 e. The van der Waals surface area contributed by atoms with Gasteiger partial charge in [0.2, 0.25) is 0 Å². The van der Waals surface area contributed by atoms with Crippen LogP contribution in [0.1, 0.15) is 0 Å². The van der Waals surface area contributed by atoms with E-state index in [1.54, 1.807) is 0 Å². The SMILES string of the molecule is FCC(F)(C(F)F)C(F)(F)F. The highest BCUT2D eigenvalue weighted by molar-refractivity contribution is 4.89. The van der Waals surface area contributed by atoms with Gasteiger partial charge in [0.15, 0.2) is 0 Å². The first-order valence-corrected chi connectivity index (χ1v) is 2.35. The Balaban J connectivity index is 4.61. The van der Waals surface area contributed by atoms with Crippen molar-refractivity contribution in [3.05, 3.63) is 0 Å². The highest BCUT2D eigenvalue weighted by Crippen LogP contribution is 2.38. The van der Waals surface area contributed by atoms with Gasteiger partial charge in [-0.25, -0.2) is 17.6 Å². The Kier molecular flexibility index (Phi) is 2.74. The summed E-state index contributed by atoms with van der Waals surface area (Å²) in [4.78, 5) is 0. The largest absolute Gasteiger partial charge is 0.430 e. The monoisotopic (exact) mass is 184 g/mol. The Labute approximate surface area is 57.0 Å². The van der Waals surface area contributed by atoms with Crippen molar-refractivity contribution in [1.82, 2.24) is 0 Å². The second kappa shape index (κ2) is 2.86. The molecule has 11 heavy (non-hydrogen) atoms. The van der Waals surface area contributed by atoms with Gasteiger partial charge in [0, 0.05) is 0 Å². The van der Waals surface area contributed by atoms with Gasteiger partial charge in [0.1, 0.15) is 6.67 Å². The average Bonchev–Trinajstić information content (AvgIpc) is 1.83. The molecule has 1 atom stereocenters. The molecule has 0 aliphatic carbocycles. The minimum absolute atomic E-state index is 2.77. The van der Waals surface area contributed by atoms with Crippen molar-refractivity contribution in [3.63, 3.8) is 0 Å². The lowest BCUT2D eigenvalue weighted by molar-refractivity contribution is -0.271. The molecule has 0 fully saturated rings. The van der Waals surface area contributed by atoms with Crippen molar-refractivity contribution in [2.24, 2.45) is 0 Å². The second-order valence-corrected chi connectivity index (χ2v) is 1.79. The first-order chi connectivity index (χ1) is 4.75. The zero-order valence-corrected chi connectivity index (χ0v) is 4.93. The average molecular weight is 184 g/mol. The van der Waals surface area contributed by atoms with E-state index in [1.807, 2.05) is 0 Å². The van der Waals surface area contributed by atoms with Gasteiger partial charge in [-0.15, -0.1) is 0 Å². The van der Waals surface area contributed by atoms with E-state index in [9.17, 15) is 30.7 Å². The molecule has 0 aromatic heterocycles. The second-order valence-electron chi connectivity index (χ2n) is 1.79. The normalized spacial score (nSPS) is 18.5. The predicted molar refractivity (Wildman–Crippen MR) is 21.9 cm³/mol. The topological polar surface area (TPSA) is 0 Å². The van der Waals surface area contributed by atoms with E-state index in [0.717, 1.165) is 0 Å². The summed E-state index contributed by atoms with van der Waals surface area (Å²) in [6.45, 7) is -2.77. The Bertz CT molecular complexity index is 127. The van der Waals surface area contributed by atoms with Crippen LogP contribution in [0.3, 0.4) is 0 Å². The van der Waals surface area contributed by atoms with Crippen LogP contribution in [0.4, 0.5) is 30.7 Å². The van der Waals surface area contributed by atoms with Gasteiger partial charge in [-0.1, -0.05) is 0 Å². The van der Waals surface area contributed by atoms with Gasteiger partial charge in [-0.3, -0.25) is 0 Å². The highest BCUT2D eigenvalue weighted by Gasteiger charge is 2.63. The molecule has 0 aliphatic heterocycles. The molecule has 68 valence electrons. The van der Waals surface area contributed by atoms with Crippen LogP contribution < -0.4 is 0 Å². The van der Waals surface area contributed by atoms with E-state index in [-0.39, 0.29) is 0 Å². The molecule has 0 saturated carbocycles. The van der Waals surface area contributed by atoms with Crippen LogP contribution in [0, 0.1) is 0 Å². The Morgan fingerprint density at radius 2 is 1.36 bits per heavy atom. The van der Waals surface area contributed by atoms with Crippen LogP contribution >= 0.6 is 0 Å². The van der Waals surface area contributed by atoms with E-state index < -0.39 is 24.9 Å². The molecule has 0 aromatic rings. The quantitative estimate of drug-likeness (QED) is 0.578. The van der Waals surface area contributed by atoms with Crippen molar-refractivity contribution in [2.75, 3.05) is 6.67 Å². The first-order valence-electron chi connectivity index (χ1n) is 2.35. The Morgan fingerprint density at radius 3 is 1.36 bits per heavy atom. The fourth-order valence-corrected chi connectivity index (χ4v) is 0.258. The summed E-state index contributed by atoms with van der Waals surface area (Å²) in [6.07, 6.45) is -10.3. The summed E-state index contributed by atoms with van der Waals surface area (Å²) in [7, 11) is 0. The van der Waals surface area contributed by atoms with Gasteiger partial charge in [-0.05, 0) is 0 Å². The molecule has 0 aromatic carbocycles. The van der Waals surface area contributed by atoms with E-state index in [1.165, 1.54) is 0 Å². The molecule has 0 heterocycles. The lowest BCUT2D eigenvalue weighted by Gasteiger charge is -2.23. The van der Waals surface area contributed by atoms with Gasteiger partial charge in [-0.2, -0.15) is 13.2 Å². The smallest absolute Gasteiger partial charge is 0.247 e. The number of halogens is 7. The molecule has 0 bridgehead atoms. The fourth-order valence-electron chi connectivity index (χ4n) is 0.258. The number of alkyl halides is 7. The zero-order valence-electron chi connectivity index (χ0n) is 4.93. The summed E-state index contributed by atoms with van der Waals surface area (Å²) in [5.74, 6) is 0. The summed E-state index contributed by atoms with van der Waals surface area (Å²) in [5.41, 5.74) is -5.02. The fraction of sp³-hybridized carbons (Fsp3) is 1.00. The standard InChI is InChI=1S/C4H3F7/c5-1-3(8,2(6)7)4(9,10)11/h2H,1H2. The van der Waals surface area contributed by atoms with Crippen molar-refractivity contribution in [3.8, 4) is 0 Å². The molecule has 0 amide bonds. The molecular formula is C4H3F7. The molecule has 0 N–H and O–H groups in total. The first kappa shape index (κ1) is 10.5. The summed E-state index contributed by atoms with van der Waals surface area (Å²) >= 11 is 0. The summed E-state index contributed by atoms with van der Waals surface area (Å²) < 4.78 is 79.4. The summed E-state index contributed by atoms with van der Waals surface area (Å²) in [6, 6.07) is 0. The van der Waals surface area contributed by atoms with Gasteiger partial charge < -0.3 is 0 Å². The van der Waals surface area contributed by atoms with E-state index in [0.29, 0.717) is 0 Å². The van der Waals surface area contributed by atoms with Crippen LogP contribution in [0.5, 0.6) is 0 Å². The van der Waals surface area contributed by atoms with Crippen LogP contribution in [-0.4, -0.2) is 24.9 Å². The minimum atomic E-state index is -5.87. The molecule has 0 saturated heterocycles. The zero-order chi connectivity index (χ0) is 9.28. The van der Waals surface area contributed by atoms with Crippen LogP contribution in [-0.2, 0) is 0 Å². The highest BCUT2D eigenvalue weighted by atomic mass is 19.4. The molecule has 7 heteroatoms. The van der Waals surface area contributed by atoms with Crippen LogP contribution in [0.15, 0.2) is 0 Å². The van der Waals surface area contributed by atoms with Crippen molar-refractivity contribution in [2.45, 2.75) is 18.3 Å². The Hall–Kier alpha value is -0.490. The number of hydrogen-bond acceptors (Lipinski definition) is 0. The molecule has 0 radical (unpaired) electrons. The molecular weight excluding hydrogens is 181 g/mol. The van der Waals surface area contributed by atoms with E-state index in [4.69, 9.17) is 0 Å². The van der Waals surface area contributed by atoms with E-state index >= 15 is 0 Å². The maximum atomic E-state index is 11.9. The molecule has 0 rings (SSSR count). The van der Waals surface area contributed by atoms with E-state index in [2.05, 4.69) is 0 Å². The molecule has 0 aliphatic rings. The lowest BCUT2D eigenvalue weighted by Crippen LogP contribution is -2.49. The third-order valence-electron chi connectivity index (χ3n) is 1.01. The van der Waals surface area contributed by atoms with Gasteiger partial charge >= 0.3 is 6.18 Å². The van der Waals surface area contributed by atoms with Crippen LogP contribution in [0.2, 0.25) is 0 Å².